The third-order valence-electron chi connectivity index (χ3n) is 3.60. The lowest BCUT2D eigenvalue weighted by atomic mass is 9.91. The number of carbonyl (C=O) groups excluding carboxylic acids is 1. The van der Waals surface area contributed by atoms with Crippen LogP contribution in [0.3, 0.4) is 0 Å². The molecule has 3 N–H and O–H groups in total. The van der Waals surface area contributed by atoms with E-state index in [4.69, 9.17) is 5.73 Å². The number of hydrogen-bond donors (Lipinski definition) is 2. The standard InChI is InChI=1S/C14H18F2N2O/c1-8-6-11(13(16)7-12(8)15)14(19)18-10-4-2-9(17)3-5-10/h6-7,9-10H,2-5,17H2,1H3,(H,18,19). The van der Waals surface area contributed by atoms with Crippen LogP contribution in [-0.4, -0.2) is 18.0 Å². The molecule has 1 amide bonds. The molecule has 2 rings (SSSR count). The first-order valence-corrected chi connectivity index (χ1v) is 6.49. The van der Waals surface area contributed by atoms with Crippen LogP contribution in [-0.2, 0) is 0 Å². The van der Waals surface area contributed by atoms with Gasteiger partial charge in [-0.05, 0) is 44.2 Å². The van der Waals surface area contributed by atoms with Crippen LogP contribution in [0.15, 0.2) is 12.1 Å². The first-order chi connectivity index (χ1) is 8.97. The minimum atomic E-state index is -0.826. The van der Waals surface area contributed by atoms with Crippen LogP contribution < -0.4 is 11.1 Å². The highest BCUT2D eigenvalue weighted by Crippen LogP contribution is 2.19. The van der Waals surface area contributed by atoms with E-state index in [1.165, 1.54) is 13.0 Å². The molecule has 0 aromatic heterocycles. The van der Waals surface area contributed by atoms with Gasteiger partial charge in [0, 0.05) is 18.2 Å². The van der Waals surface area contributed by atoms with Crippen molar-refractivity contribution in [3.05, 3.63) is 34.9 Å². The van der Waals surface area contributed by atoms with Crippen molar-refractivity contribution in [2.75, 3.05) is 0 Å². The Morgan fingerprint density at radius 3 is 2.47 bits per heavy atom. The Balaban J connectivity index is 2.06. The molecule has 0 radical (unpaired) electrons. The summed E-state index contributed by atoms with van der Waals surface area (Å²) in [6.45, 7) is 1.51. The summed E-state index contributed by atoms with van der Waals surface area (Å²) in [7, 11) is 0. The van der Waals surface area contributed by atoms with Crippen LogP contribution in [0.2, 0.25) is 0 Å². The van der Waals surface area contributed by atoms with Gasteiger partial charge in [-0.3, -0.25) is 4.79 Å². The van der Waals surface area contributed by atoms with Gasteiger partial charge in [-0.1, -0.05) is 0 Å². The average molecular weight is 268 g/mol. The Morgan fingerprint density at radius 1 is 1.21 bits per heavy atom. The Kier molecular flexibility index (Phi) is 4.14. The van der Waals surface area contributed by atoms with E-state index in [-0.39, 0.29) is 23.2 Å². The van der Waals surface area contributed by atoms with Gasteiger partial charge in [0.2, 0.25) is 0 Å². The van der Waals surface area contributed by atoms with Crippen molar-refractivity contribution in [2.24, 2.45) is 5.73 Å². The Bertz CT molecular complexity index is 483. The van der Waals surface area contributed by atoms with Crippen molar-refractivity contribution in [1.82, 2.24) is 5.32 Å². The summed E-state index contributed by atoms with van der Waals surface area (Å²) in [4.78, 5) is 12.0. The summed E-state index contributed by atoms with van der Waals surface area (Å²) in [6.07, 6.45) is 3.31. The molecule has 1 fully saturated rings. The smallest absolute Gasteiger partial charge is 0.254 e. The van der Waals surface area contributed by atoms with Crippen molar-refractivity contribution in [3.8, 4) is 0 Å². The Labute approximate surface area is 111 Å². The maximum atomic E-state index is 13.6. The van der Waals surface area contributed by atoms with Crippen molar-refractivity contribution < 1.29 is 13.6 Å². The first kappa shape index (κ1) is 13.9. The SMILES string of the molecule is Cc1cc(C(=O)NC2CCC(N)CC2)c(F)cc1F. The van der Waals surface area contributed by atoms with Crippen molar-refractivity contribution in [1.29, 1.82) is 0 Å². The highest BCUT2D eigenvalue weighted by Gasteiger charge is 2.22. The fourth-order valence-electron chi connectivity index (χ4n) is 2.36. The number of amides is 1. The topological polar surface area (TPSA) is 55.1 Å². The van der Waals surface area contributed by atoms with Crippen LogP contribution in [0.1, 0.15) is 41.6 Å². The second kappa shape index (κ2) is 5.65. The van der Waals surface area contributed by atoms with Crippen molar-refractivity contribution in [3.63, 3.8) is 0 Å². The van der Waals surface area contributed by atoms with Crippen molar-refractivity contribution in [2.45, 2.75) is 44.7 Å². The quantitative estimate of drug-likeness (QED) is 0.864. The monoisotopic (exact) mass is 268 g/mol. The molecule has 1 aliphatic rings. The van der Waals surface area contributed by atoms with Gasteiger partial charge in [-0.15, -0.1) is 0 Å². The zero-order valence-electron chi connectivity index (χ0n) is 10.9. The molecule has 0 unspecified atom stereocenters. The van der Waals surface area contributed by atoms with Gasteiger partial charge in [0.25, 0.3) is 5.91 Å². The van der Waals surface area contributed by atoms with Crippen LogP contribution in [0.4, 0.5) is 8.78 Å². The molecule has 5 heteroatoms. The maximum absolute atomic E-state index is 13.6. The van der Waals surface area contributed by atoms with E-state index in [1.54, 1.807) is 0 Å². The van der Waals surface area contributed by atoms with E-state index in [0.29, 0.717) is 0 Å². The minimum absolute atomic E-state index is 0.0251. The second-order valence-corrected chi connectivity index (χ2v) is 5.17. The van der Waals surface area contributed by atoms with Gasteiger partial charge in [0.1, 0.15) is 11.6 Å². The highest BCUT2D eigenvalue weighted by atomic mass is 19.1. The summed E-state index contributed by atoms with van der Waals surface area (Å²) in [5.74, 6) is -1.95. The maximum Gasteiger partial charge on any atom is 0.254 e. The third kappa shape index (κ3) is 3.29. The molecule has 0 spiro atoms. The van der Waals surface area contributed by atoms with E-state index in [2.05, 4.69) is 5.32 Å². The van der Waals surface area contributed by atoms with E-state index in [9.17, 15) is 13.6 Å². The number of nitrogens with two attached hydrogens (primary N) is 1. The van der Waals surface area contributed by atoms with Gasteiger partial charge in [0.15, 0.2) is 0 Å². The zero-order chi connectivity index (χ0) is 14.0. The molecule has 0 saturated heterocycles. The Hall–Kier alpha value is -1.49. The number of hydrogen-bond acceptors (Lipinski definition) is 2. The molecule has 0 atom stereocenters. The first-order valence-electron chi connectivity index (χ1n) is 6.49. The molecule has 1 aliphatic carbocycles. The lowest BCUT2D eigenvalue weighted by Gasteiger charge is -2.26. The number of rotatable bonds is 2. The molecule has 1 aromatic rings. The predicted octanol–water partition coefficient (Wildman–Crippen LogP) is 2.27. The largest absolute Gasteiger partial charge is 0.349 e. The molecule has 1 saturated carbocycles. The number of carbonyl (C=O) groups is 1. The van der Waals surface area contributed by atoms with E-state index < -0.39 is 17.5 Å². The van der Waals surface area contributed by atoms with Gasteiger partial charge < -0.3 is 11.1 Å². The third-order valence-corrected chi connectivity index (χ3v) is 3.60. The summed E-state index contributed by atoms with van der Waals surface area (Å²) in [6, 6.07) is 2.21. The highest BCUT2D eigenvalue weighted by molar-refractivity contribution is 5.94. The van der Waals surface area contributed by atoms with Gasteiger partial charge in [-0.2, -0.15) is 0 Å². The zero-order valence-corrected chi connectivity index (χ0v) is 10.9. The molecule has 1 aromatic carbocycles. The summed E-state index contributed by atoms with van der Waals surface area (Å²) in [5.41, 5.74) is 5.94. The summed E-state index contributed by atoms with van der Waals surface area (Å²) < 4.78 is 26.7. The molecule has 3 nitrogen and oxygen atoms in total. The number of halogens is 2. The van der Waals surface area contributed by atoms with Crippen LogP contribution in [0.25, 0.3) is 0 Å². The fraction of sp³-hybridized carbons (Fsp3) is 0.500. The van der Waals surface area contributed by atoms with Gasteiger partial charge in [0.05, 0.1) is 5.56 Å². The average Bonchev–Trinajstić information content (AvgIpc) is 2.36. The molecule has 0 bridgehead atoms. The van der Waals surface area contributed by atoms with E-state index in [1.807, 2.05) is 0 Å². The molecule has 104 valence electrons. The van der Waals surface area contributed by atoms with Crippen LogP contribution in [0, 0.1) is 18.6 Å². The number of nitrogens with one attached hydrogen (secondary N) is 1. The minimum Gasteiger partial charge on any atom is -0.349 e. The molecule has 19 heavy (non-hydrogen) atoms. The predicted molar refractivity (Wildman–Crippen MR) is 68.8 cm³/mol. The lowest BCUT2D eigenvalue weighted by molar-refractivity contribution is 0.0921. The van der Waals surface area contributed by atoms with Crippen LogP contribution in [0.5, 0.6) is 0 Å². The van der Waals surface area contributed by atoms with Crippen molar-refractivity contribution >= 4 is 5.91 Å². The fourth-order valence-corrected chi connectivity index (χ4v) is 2.36. The summed E-state index contributed by atoms with van der Waals surface area (Å²) in [5, 5.41) is 2.79. The molecule has 0 heterocycles. The van der Waals surface area contributed by atoms with E-state index in [0.717, 1.165) is 31.7 Å². The molecular formula is C14H18F2N2O. The normalized spacial score (nSPS) is 23.2. The summed E-state index contributed by atoms with van der Waals surface area (Å²) >= 11 is 0. The second-order valence-electron chi connectivity index (χ2n) is 5.17. The Morgan fingerprint density at radius 2 is 1.84 bits per heavy atom. The van der Waals surface area contributed by atoms with Gasteiger partial charge >= 0.3 is 0 Å². The molecule has 0 aliphatic heterocycles. The number of aryl methyl sites for hydroxylation is 1. The number of benzene rings is 1. The lowest BCUT2D eigenvalue weighted by Crippen LogP contribution is -2.40. The molecular weight excluding hydrogens is 250 g/mol. The van der Waals surface area contributed by atoms with Gasteiger partial charge in [-0.25, -0.2) is 8.78 Å². The van der Waals surface area contributed by atoms with E-state index >= 15 is 0 Å². The van der Waals surface area contributed by atoms with Crippen LogP contribution >= 0.6 is 0 Å².